The van der Waals surface area contributed by atoms with Gasteiger partial charge in [0.1, 0.15) is 34.7 Å². The highest BCUT2D eigenvalue weighted by Crippen LogP contribution is 2.22. The average molecular weight is 320 g/mol. The lowest BCUT2D eigenvalue weighted by Gasteiger charge is -2.10. The van der Waals surface area contributed by atoms with E-state index in [4.69, 9.17) is 0 Å². The minimum Gasteiger partial charge on any atom is -0.351 e. The molecule has 7 heteroatoms. The quantitative estimate of drug-likeness (QED) is 0.801. The van der Waals surface area contributed by atoms with Crippen LogP contribution in [0.3, 0.4) is 0 Å². The Kier molecular flexibility index (Phi) is 5.56. The molecule has 0 aliphatic carbocycles. The summed E-state index contributed by atoms with van der Waals surface area (Å²) in [4.78, 5) is 20.1. The summed E-state index contributed by atoms with van der Waals surface area (Å²) in [5.74, 6) is -1.35. The van der Waals surface area contributed by atoms with Crippen LogP contribution in [0.1, 0.15) is 36.1 Å². The molecule has 23 heavy (non-hydrogen) atoms. The van der Waals surface area contributed by atoms with E-state index in [0.717, 1.165) is 25.0 Å². The van der Waals surface area contributed by atoms with Crippen molar-refractivity contribution >= 4 is 17.4 Å². The predicted molar refractivity (Wildman–Crippen MR) is 83.7 cm³/mol. The average Bonchev–Trinajstić information content (AvgIpc) is 2.51. The van der Waals surface area contributed by atoms with Gasteiger partial charge in [-0.25, -0.2) is 18.7 Å². The second kappa shape index (κ2) is 7.62. The van der Waals surface area contributed by atoms with Crippen molar-refractivity contribution in [3.8, 4) is 0 Å². The van der Waals surface area contributed by atoms with Crippen LogP contribution >= 0.6 is 0 Å². The monoisotopic (exact) mass is 320 g/mol. The van der Waals surface area contributed by atoms with Crippen LogP contribution in [0.2, 0.25) is 0 Å². The van der Waals surface area contributed by atoms with E-state index < -0.39 is 11.6 Å². The number of hydrogen-bond acceptors (Lipinski definition) is 4. The Labute approximate surface area is 133 Å². The van der Waals surface area contributed by atoms with Crippen LogP contribution in [0.25, 0.3) is 0 Å². The fraction of sp³-hybridized carbons (Fsp3) is 0.312. The number of aromatic nitrogens is 2. The van der Waals surface area contributed by atoms with Crippen molar-refractivity contribution in [3.05, 3.63) is 47.4 Å². The standard InChI is InChI=1S/C16H18F2N4O/c1-3-4-8-19-16(23)13-9-14(21-10(2)20-13)22-15-11(17)6-5-7-12(15)18/h5-7,9H,3-4,8H2,1-2H3,(H,19,23)(H,20,21,22). The number of unbranched alkanes of at least 4 members (excludes halogenated alkanes) is 1. The van der Waals surface area contributed by atoms with Gasteiger partial charge in [0.15, 0.2) is 0 Å². The van der Waals surface area contributed by atoms with Gasteiger partial charge in [-0.05, 0) is 25.5 Å². The van der Waals surface area contributed by atoms with Crippen molar-refractivity contribution in [3.63, 3.8) is 0 Å². The van der Waals surface area contributed by atoms with Crippen molar-refractivity contribution in [1.29, 1.82) is 0 Å². The summed E-state index contributed by atoms with van der Waals surface area (Å²) >= 11 is 0. The molecule has 2 rings (SSSR count). The summed E-state index contributed by atoms with van der Waals surface area (Å²) in [5, 5.41) is 5.30. The zero-order chi connectivity index (χ0) is 16.8. The van der Waals surface area contributed by atoms with Crippen LogP contribution < -0.4 is 10.6 Å². The van der Waals surface area contributed by atoms with E-state index in [1.54, 1.807) is 6.92 Å². The molecule has 0 aliphatic rings. The largest absolute Gasteiger partial charge is 0.351 e. The van der Waals surface area contributed by atoms with Gasteiger partial charge in [-0.2, -0.15) is 0 Å². The van der Waals surface area contributed by atoms with Gasteiger partial charge in [0.25, 0.3) is 5.91 Å². The molecule has 1 aromatic carbocycles. The van der Waals surface area contributed by atoms with Gasteiger partial charge in [-0.15, -0.1) is 0 Å². The fourth-order valence-electron chi connectivity index (χ4n) is 1.96. The van der Waals surface area contributed by atoms with Gasteiger partial charge in [0.05, 0.1) is 0 Å². The molecule has 5 nitrogen and oxygen atoms in total. The molecule has 0 unspecified atom stereocenters. The molecule has 1 heterocycles. The van der Waals surface area contributed by atoms with E-state index in [-0.39, 0.29) is 23.1 Å². The minimum atomic E-state index is -0.741. The minimum absolute atomic E-state index is 0.146. The van der Waals surface area contributed by atoms with Crippen LogP contribution in [0.5, 0.6) is 0 Å². The molecule has 0 bridgehead atoms. The Morgan fingerprint density at radius 2 is 1.91 bits per heavy atom. The normalized spacial score (nSPS) is 10.4. The number of aryl methyl sites for hydroxylation is 1. The highest BCUT2D eigenvalue weighted by molar-refractivity contribution is 5.93. The topological polar surface area (TPSA) is 66.9 Å². The first kappa shape index (κ1) is 16.8. The van der Waals surface area contributed by atoms with Crippen LogP contribution in [0.4, 0.5) is 20.3 Å². The first-order valence-corrected chi connectivity index (χ1v) is 7.36. The van der Waals surface area contributed by atoms with Gasteiger partial charge in [0, 0.05) is 12.6 Å². The van der Waals surface area contributed by atoms with E-state index >= 15 is 0 Å². The Hall–Kier alpha value is -2.57. The maximum atomic E-state index is 13.7. The number of carbonyl (C=O) groups is 1. The van der Waals surface area contributed by atoms with Gasteiger partial charge in [0.2, 0.25) is 0 Å². The number of rotatable bonds is 6. The Morgan fingerprint density at radius 1 is 1.22 bits per heavy atom. The number of para-hydroxylation sites is 1. The lowest BCUT2D eigenvalue weighted by atomic mass is 10.2. The summed E-state index contributed by atoms with van der Waals surface area (Å²) in [7, 11) is 0. The van der Waals surface area contributed by atoms with Gasteiger partial charge >= 0.3 is 0 Å². The molecule has 0 aliphatic heterocycles. The number of anilines is 2. The number of amides is 1. The first-order chi connectivity index (χ1) is 11.0. The van der Waals surface area contributed by atoms with Crippen LogP contribution in [0, 0.1) is 18.6 Å². The third-order valence-corrected chi connectivity index (χ3v) is 3.10. The predicted octanol–water partition coefficient (Wildman–Crippen LogP) is 3.34. The van der Waals surface area contributed by atoms with E-state index in [9.17, 15) is 13.6 Å². The number of nitrogens with one attached hydrogen (secondary N) is 2. The second-order valence-electron chi connectivity index (χ2n) is 5.02. The fourth-order valence-corrected chi connectivity index (χ4v) is 1.96. The molecule has 0 saturated carbocycles. The Bertz CT molecular complexity index is 686. The Morgan fingerprint density at radius 3 is 2.57 bits per heavy atom. The van der Waals surface area contributed by atoms with Crippen molar-refractivity contribution in [2.75, 3.05) is 11.9 Å². The molecule has 0 atom stereocenters. The summed E-state index contributed by atoms with van der Waals surface area (Å²) in [6.07, 6.45) is 1.82. The highest BCUT2D eigenvalue weighted by atomic mass is 19.1. The Balaban J connectivity index is 2.22. The molecule has 2 aromatic rings. The summed E-state index contributed by atoms with van der Waals surface area (Å²) in [6, 6.07) is 4.91. The van der Waals surface area contributed by atoms with Gasteiger partial charge < -0.3 is 10.6 Å². The van der Waals surface area contributed by atoms with Crippen molar-refractivity contribution < 1.29 is 13.6 Å². The second-order valence-corrected chi connectivity index (χ2v) is 5.02. The molecule has 1 amide bonds. The molecule has 122 valence electrons. The molecule has 0 saturated heterocycles. The highest BCUT2D eigenvalue weighted by Gasteiger charge is 2.13. The summed E-state index contributed by atoms with van der Waals surface area (Å²) in [5.41, 5.74) is -0.171. The number of hydrogen-bond donors (Lipinski definition) is 2. The van der Waals surface area contributed by atoms with Crippen molar-refractivity contribution in [2.24, 2.45) is 0 Å². The van der Waals surface area contributed by atoms with Gasteiger partial charge in [-0.1, -0.05) is 19.4 Å². The molecule has 2 N–H and O–H groups in total. The number of carbonyl (C=O) groups excluding carboxylic acids is 1. The van der Waals surface area contributed by atoms with Gasteiger partial charge in [-0.3, -0.25) is 4.79 Å². The van der Waals surface area contributed by atoms with Crippen LogP contribution in [-0.2, 0) is 0 Å². The third kappa shape index (κ3) is 4.45. The molecule has 1 aromatic heterocycles. The van der Waals surface area contributed by atoms with Crippen LogP contribution in [-0.4, -0.2) is 22.4 Å². The smallest absolute Gasteiger partial charge is 0.270 e. The first-order valence-electron chi connectivity index (χ1n) is 7.36. The van der Waals surface area contributed by atoms with E-state index in [1.807, 2.05) is 6.92 Å². The zero-order valence-corrected chi connectivity index (χ0v) is 13.0. The van der Waals surface area contributed by atoms with Crippen molar-refractivity contribution in [1.82, 2.24) is 15.3 Å². The van der Waals surface area contributed by atoms with E-state index in [0.29, 0.717) is 12.4 Å². The van der Waals surface area contributed by atoms with Crippen molar-refractivity contribution in [2.45, 2.75) is 26.7 Å². The maximum absolute atomic E-state index is 13.7. The van der Waals surface area contributed by atoms with E-state index in [1.165, 1.54) is 12.1 Å². The van der Waals surface area contributed by atoms with Crippen LogP contribution in [0.15, 0.2) is 24.3 Å². The number of halogens is 2. The zero-order valence-electron chi connectivity index (χ0n) is 13.0. The third-order valence-electron chi connectivity index (χ3n) is 3.10. The molecular formula is C16H18F2N4O. The number of benzene rings is 1. The lowest BCUT2D eigenvalue weighted by molar-refractivity contribution is 0.0948. The SMILES string of the molecule is CCCCNC(=O)c1cc(Nc2c(F)cccc2F)nc(C)n1. The lowest BCUT2D eigenvalue weighted by Crippen LogP contribution is -2.25. The molecule has 0 spiro atoms. The maximum Gasteiger partial charge on any atom is 0.270 e. The molecular weight excluding hydrogens is 302 g/mol. The van der Waals surface area contributed by atoms with E-state index in [2.05, 4.69) is 20.6 Å². The molecule has 0 fully saturated rings. The molecule has 0 radical (unpaired) electrons. The summed E-state index contributed by atoms with van der Waals surface area (Å²) < 4.78 is 27.4. The summed E-state index contributed by atoms with van der Waals surface area (Å²) in [6.45, 7) is 4.17. The number of nitrogens with zero attached hydrogens (tertiary/aromatic N) is 2.